The Morgan fingerprint density at radius 1 is 0.382 bits per heavy atom. The van der Waals surface area contributed by atoms with Crippen molar-refractivity contribution in [3.63, 3.8) is 0 Å². The summed E-state index contributed by atoms with van der Waals surface area (Å²) in [4.78, 5) is 4.99. The Morgan fingerprint density at radius 3 is 1.53 bits per heavy atom. The van der Waals surface area contributed by atoms with Gasteiger partial charge in [-0.2, -0.15) is 0 Å². The molecule has 0 bridgehead atoms. The van der Waals surface area contributed by atoms with Gasteiger partial charge in [-0.1, -0.05) is 218 Å². The average Bonchev–Trinajstić information content (AvgIpc) is 3.77. The van der Waals surface area contributed by atoms with Crippen LogP contribution < -0.4 is 9.80 Å². The van der Waals surface area contributed by atoms with Gasteiger partial charge in [0.05, 0.1) is 0 Å². The van der Waals surface area contributed by atoms with E-state index in [0.717, 1.165) is 66.6 Å². The van der Waals surface area contributed by atoms with E-state index in [2.05, 4.69) is 291 Å². The maximum atomic E-state index is 2.50. The van der Waals surface area contributed by atoms with Crippen LogP contribution in [-0.2, 0) is 25.7 Å². The summed E-state index contributed by atoms with van der Waals surface area (Å²) >= 11 is 0. The maximum Gasteiger partial charge on any atom is 0.0493 e. The molecule has 76 heavy (non-hydrogen) atoms. The molecule has 9 aromatic rings. The Bertz CT molecular complexity index is 3810. The fourth-order valence-corrected chi connectivity index (χ4v) is 11.5. The number of hydrogen-bond donors (Lipinski definition) is 0. The fourth-order valence-electron chi connectivity index (χ4n) is 11.5. The van der Waals surface area contributed by atoms with Crippen molar-refractivity contribution in [3.8, 4) is 22.3 Å². The van der Waals surface area contributed by atoms with Gasteiger partial charge in [0.2, 0.25) is 0 Å². The van der Waals surface area contributed by atoms with Crippen LogP contribution in [0.25, 0.3) is 49.4 Å². The van der Waals surface area contributed by atoms with E-state index in [1.807, 2.05) is 0 Å². The Morgan fingerprint density at radius 2 is 0.882 bits per heavy atom. The van der Waals surface area contributed by atoms with Crippen molar-refractivity contribution >= 4 is 61.2 Å². The Kier molecular flexibility index (Phi) is 13.8. The second-order valence-electron chi connectivity index (χ2n) is 20.2. The van der Waals surface area contributed by atoms with Crippen molar-refractivity contribution in [2.75, 3.05) is 9.80 Å². The summed E-state index contributed by atoms with van der Waals surface area (Å²) in [6.07, 6.45) is 25.9. The molecule has 12 rings (SSSR count). The second kappa shape index (κ2) is 21.9. The highest BCUT2D eigenvalue weighted by Crippen LogP contribution is 2.46. The summed E-state index contributed by atoms with van der Waals surface area (Å²) in [6.45, 7) is 4.53. The minimum Gasteiger partial charge on any atom is -0.310 e. The number of nitrogens with zero attached hydrogens (tertiary/aromatic N) is 2. The summed E-state index contributed by atoms with van der Waals surface area (Å²) in [6, 6.07) is 79.3. The zero-order chi connectivity index (χ0) is 51.2. The molecular formula is C74H62N2. The van der Waals surface area contributed by atoms with Crippen molar-refractivity contribution < 1.29 is 0 Å². The lowest BCUT2D eigenvalue weighted by molar-refractivity contribution is 0.977. The van der Waals surface area contributed by atoms with Crippen LogP contribution in [-0.4, -0.2) is 0 Å². The van der Waals surface area contributed by atoms with E-state index in [1.165, 1.54) is 94.4 Å². The van der Waals surface area contributed by atoms with Gasteiger partial charge in [-0.05, 0) is 189 Å². The van der Waals surface area contributed by atoms with Gasteiger partial charge in [0.25, 0.3) is 0 Å². The smallest absolute Gasteiger partial charge is 0.0493 e. The molecule has 1 aliphatic carbocycles. The number of hydrogen-bond acceptors (Lipinski definition) is 2. The van der Waals surface area contributed by atoms with Crippen molar-refractivity contribution in [1.82, 2.24) is 0 Å². The molecule has 2 nitrogen and oxygen atoms in total. The van der Waals surface area contributed by atoms with Gasteiger partial charge in [-0.3, -0.25) is 0 Å². The highest BCUT2D eigenvalue weighted by atomic mass is 15.2. The third-order valence-electron chi connectivity index (χ3n) is 15.5. The third kappa shape index (κ3) is 9.79. The van der Waals surface area contributed by atoms with Crippen molar-refractivity contribution in [1.29, 1.82) is 0 Å². The first-order valence-electron chi connectivity index (χ1n) is 27.0. The number of anilines is 6. The molecule has 0 saturated heterocycles. The van der Waals surface area contributed by atoms with Gasteiger partial charge in [0.15, 0.2) is 0 Å². The summed E-state index contributed by atoms with van der Waals surface area (Å²) in [5, 5.41) is 4.83. The molecule has 0 amide bonds. The summed E-state index contributed by atoms with van der Waals surface area (Å²) in [5.74, 6) is 0. The number of rotatable bonds is 7. The minimum atomic E-state index is 0.867. The van der Waals surface area contributed by atoms with E-state index in [1.54, 1.807) is 0 Å². The first-order valence-corrected chi connectivity index (χ1v) is 27.0. The molecule has 0 radical (unpaired) electrons. The molecule has 2 heterocycles. The molecule has 368 valence electrons. The van der Waals surface area contributed by atoms with Crippen LogP contribution in [0.2, 0.25) is 0 Å². The predicted octanol–water partition coefficient (Wildman–Crippen LogP) is 20.3. The molecule has 3 aliphatic rings. The molecule has 2 heteroatoms. The Balaban J connectivity index is 1.13. The van der Waals surface area contributed by atoms with E-state index in [-0.39, 0.29) is 0 Å². The maximum absolute atomic E-state index is 2.50. The van der Waals surface area contributed by atoms with E-state index >= 15 is 0 Å². The molecule has 0 atom stereocenters. The van der Waals surface area contributed by atoms with Crippen molar-refractivity contribution in [3.05, 3.63) is 306 Å². The fraction of sp³-hybridized carbons (Fsp3) is 0.108. The molecule has 0 unspecified atom stereocenters. The van der Waals surface area contributed by atoms with Crippen molar-refractivity contribution in [2.24, 2.45) is 0 Å². The van der Waals surface area contributed by atoms with Gasteiger partial charge in [0, 0.05) is 34.1 Å². The van der Waals surface area contributed by atoms with Gasteiger partial charge in [-0.25, -0.2) is 0 Å². The van der Waals surface area contributed by atoms with Crippen LogP contribution in [0.15, 0.2) is 278 Å². The number of fused-ring (bicyclic) bond motifs is 6. The standard InChI is InChI=1S/C74H62N2/c1-53(55-22-8-6-4-3-5-7-9-23-55)38-39-54(2)65-32-21-30-63(75-71-34-16-11-25-59(71)44-45-60-26-12-17-35-72(60)75)48-50-68(58-42-40-57(41-43-58)67-33-20-29-56-24-10-15-31-66(56)67)69-51-49-64(52-70(65)69)76-73-36-18-13-27-61(73)46-47-62-28-14-19-37-74(62)76/h3-4,6-21,23-43,48-52H,5,22,44-47H2,1-2H3/b4-3-,8-6-,9-7-,30-21?,32-21?,50-48?,53-38+,54-39+,55-23+,63-30?,63-48?,65-32?,68-50?,69-68?,70-65?. The number of allylic oxidation sites excluding steroid dienone is 12. The second-order valence-corrected chi connectivity index (χ2v) is 20.2. The monoisotopic (exact) mass is 978 g/mol. The normalized spacial score (nSPS) is 16.4. The summed E-state index contributed by atoms with van der Waals surface area (Å²) < 4.78 is 0. The molecule has 0 aromatic heterocycles. The van der Waals surface area contributed by atoms with Crippen LogP contribution in [0.3, 0.4) is 0 Å². The lowest BCUT2D eigenvalue weighted by atomic mass is 9.92. The quantitative estimate of drug-likeness (QED) is 0.147. The van der Waals surface area contributed by atoms with Gasteiger partial charge in [0.1, 0.15) is 0 Å². The first-order chi connectivity index (χ1) is 37.6. The number of aryl methyl sites for hydroxylation is 4. The van der Waals surface area contributed by atoms with Crippen molar-refractivity contribution in [2.45, 2.75) is 52.4 Å². The summed E-state index contributed by atoms with van der Waals surface area (Å²) in [7, 11) is 0. The third-order valence-corrected chi connectivity index (χ3v) is 15.5. The van der Waals surface area contributed by atoms with Crippen LogP contribution in [0, 0.1) is 0 Å². The lowest BCUT2D eigenvalue weighted by Gasteiger charge is -2.28. The Hall–Kier alpha value is -8.98. The Labute approximate surface area is 449 Å². The topological polar surface area (TPSA) is 6.48 Å². The van der Waals surface area contributed by atoms with E-state index in [0.29, 0.717) is 0 Å². The van der Waals surface area contributed by atoms with Gasteiger partial charge >= 0.3 is 0 Å². The number of para-hydroxylation sites is 4. The van der Waals surface area contributed by atoms with E-state index < -0.39 is 0 Å². The lowest BCUT2D eigenvalue weighted by Crippen LogP contribution is -2.11. The average molecular weight is 979 g/mol. The molecule has 0 spiro atoms. The van der Waals surface area contributed by atoms with Crippen LogP contribution in [0.1, 0.15) is 54.5 Å². The minimum absolute atomic E-state index is 0.867. The molecule has 0 fully saturated rings. The SMILES string of the molecule is CC(=C\C=C(/C)c1cccc(N2c3ccccc3CCc3ccccc32)ccc(-c2ccc(-c3cccc4ccccc34)cc2)c2ccc(N3c4ccccc4CCc4ccccc43)cc12)/C1=C/C=C\C/C=C\C=C/C1. The van der Waals surface area contributed by atoms with Crippen LogP contribution in [0.5, 0.6) is 0 Å². The van der Waals surface area contributed by atoms with Crippen LogP contribution in [0.4, 0.5) is 34.1 Å². The number of benzene rings is 8. The largest absolute Gasteiger partial charge is 0.310 e. The first kappa shape index (κ1) is 48.0. The highest BCUT2D eigenvalue weighted by Gasteiger charge is 2.24. The summed E-state index contributed by atoms with van der Waals surface area (Å²) in [5.41, 5.74) is 22.1. The van der Waals surface area contributed by atoms with E-state index in [4.69, 9.17) is 0 Å². The van der Waals surface area contributed by atoms with E-state index in [9.17, 15) is 0 Å². The van der Waals surface area contributed by atoms with Crippen LogP contribution >= 0.6 is 0 Å². The predicted molar refractivity (Wildman–Crippen MR) is 326 cm³/mol. The molecule has 0 saturated carbocycles. The zero-order valence-corrected chi connectivity index (χ0v) is 43.5. The van der Waals surface area contributed by atoms with Gasteiger partial charge in [-0.15, -0.1) is 0 Å². The molecule has 2 aliphatic heterocycles. The molecular weight excluding hydrogens is 917 g/mol. The molecule has 0 N–H and O–H groups in total. The van der Waals surface area contributed by atoms with Gasteiger partial charge < -0.3 is 9.80 Å². The molecule has 9 aromatic carbocycles. The highest BCUT2D eigenvalue weighted by molar-refractivity contribution is 6.04. The zero-order valence-electron chi connectivity index (χ0n) is 43.5.